The Morgan fingerprint density at radius 1 is 1.29 bits per heavy atom. The molecule has 0 aliphatic heterocycles. The normalized spacial score (nSPS) is 9.29. The van der Waals surface area contributed by atoms with Gasteiger partial charge in [-0.25, -0.2) is 0 Å². The van der Waals surface area contributed by atoms with Gasteiger partial charge >= 0.3 is 0 Å². The van der Waals surface area contributed by atoms with Gasteiger partial charge in [-0.15, -0.1) is 0 Å². The van der Waals surface area contributed by atoms with Crippen LogP contribution in [0, 0.1) is 11.8 Å². The monoisotopic (exact) mass is 244 g/mol. The highest BCUT2D eigenvalue weighted by Gasteiger charge is 1.93. The summed E-state index contributed by atoms with van der Waals surface area (Å²) in [5.74, 6) is 6.91. The molecule has 0 aliphatic rings. The van der Waals surface area contributed by atoms with Crippen molar-refractivity contribution in [3.63, 3.8) is 0 Å². The fourth-order valence-electron chi connectivity index (χ4n) is 1.25. The Labute approximate surface area is 107 Å². The molecule has 0 atom stereocenters. The molecule has 0 aromatic heterocycles. The summed E-state index contributed by atoms with van der Waals surface area (Å²) in [4.78, 5) is 10.7. The molecule has 0 spiro atoms. The Morgan fingerprint density at radius 3 is 2.47 bits per heavy atom. The first-order chi connectivity index (χ1) is 8.09. The minimum absolute atomic E-state index is 0.151. The van der Waals surface area contributed by atoms with Gasteiger partial charge in [-0.05, 0) is 24.6 Å². The Balaban J connectivity index is 2.49. The molecule has 0 fully saturated rings. The number of hydrogen-bond acceptors (Lipinski definition) is 2. The van der Waals surface area contributed by atoms with Gasteiger partial charge in [0.15, 0.2) is 5.12 Å². The third kappa shape index (κ3) is 5.42. The first-order valence-electron chi connectivity index (χ1n) is 5.48. The molecule has 2 heteroatoms. The number of hydrogen-bond donors (Lipinski definition) is 0. The fraction of sp³-hybridized carbons (Fsp3) is 0.267. The van der Waals surface area contributed by atoms with E-state index in [1.807, 2.05) is 31.2 Å². The van der Waals surface area contributed by atoms with E-state index >= 15 is 0 Å². The van der Waals surface area contributed by atoms with Gasteiger partial charge in [-0.2, -0.15) is 0 Å². The molecule has 0 heterocycles. The molecule has 17 heavy (non-hydrogen) atoms. The van der Waals surface area contributed by atoms with Gasteiger partial charge < -0.3 is 0 Å². The van der Waals surface area contributed by atoms with Gasteiger partial charge in [0.05, 0.1) is 0 Å². The highest BCUT2D eigenvalue weighted by Crippen LogP contribution is 2.11. The zero-order chi connectivity index (χ0) is 12.7. The standard InChI is InChI=1S/C15H16OS/c1-12(2)15-9-7-14(8-10-15)6-4-5-11-17-13(3)16/h7-10H,1,5,11H2,2-3H3. The van der Waals surface area contributed by atoms with E-state index in [0.717, 1.165) is 28.9 Å². The maximum Gasteiger partial charge on any atom is 0.185 e. The summed E-state index contributed by atoms with van der Waals surface area (Å²) in [6.07, 6.45) is 0.743. The van der Waals surface area contributed by atoms with E-state index in [0.29, 0.717) is 0 Å². The smallest absolute Gasteiger partial charge is 0.185 e. The minimum Gasteiger partial charge on any atom is -0.288 e. The van der Waals surface area contributed by atoms with Crippen LogP contribution < -0.4 is 0 Å². The van der Waals surface area contributed by atoms with Crippen LogP contribution in [0.1, 0.15) is 31.4 Å². The van der Waals surface area contributed by atoms with Crippen molar-refractivity contribution < 1.29 is 4.79 Å². The van der Waals surface area contributed by atoms with Crippen LogP contribution in [0.4, 0.5) is 0 Å². The molecule has 0 unspecified atom stereocenters. The molecule has 88 valence electrons. The molecule has 0 aliphatic carbocycles. The molecule has 0 bridgehead atoms. The Kier molecular flexibility index (Phi) is 5.59. The average molecular weight is 244 g/mol. The van der Waals surface area contributed by atoms with Crippen molar-refractivity contribution in [3.05, 3.63) is 42.0 Å². The lowest BCUT2D eigenvalue weighted by molar-refractivity contribution is -0.109. The summed E-state index contributed by atoms with van der Waals surface area (Å²) in [6.45, 7) is 7.45. The van der Waals surface area contributed by atoms with Crippen LogP contribution in [0.5, 0.6) is 0 Å². The SMILES string of the molecule is C=C(C)c1ccc(C#CCCSC(C)=O)cc1. The third-order valence-electron chi connectivity index (χ3n) is 2.14. The van der Waals surface area contributed by atoms with Crippen molar-refractivity contribution in [2.75, 3.05) is 5.75 Å². The highest BCUT2D eigenvalue weighted by atomic mass is 32.2. The van der Waals surface area contributed by atoms with E-state index in [1.165, 1.54) is 11.8 Å². The molecule has 0 N–H and O–H groups in total. The van der Waals surface area contributed by atoms with Crippen molar-refractivity contribution in [1.82, 2.24) is 0 Å². The lowest BCUT2D eigenvalue weighted by atomic mass is 10.1. The van der Waals surface area contributed by atoms with Gasteiger partial charge in [0, 0.05) is 24.7 Å². The summed E-state index contributed by atoms with van der Waals surface area (Å²) in [7, 11) is 0. The van der Waals surface area contributed by atoms with Crippen molar-refractivity contribution in [3.8, 4) is 11.8 Å². The molecule has 1 aromatic rings. The van der Waals surface area contributed by atoms with Crippen LogP contribution in [0.2, 0.25) is 0 Å². The van der Waals surface area contributed by atoms with E-state index in [-0.39, 0.29) is 5.12 Å². The summed E-state index contributed by atoms with van der Waals surface area (Å²) >= 11 is 1.32. The van der Waals surface area contributed by atoms with Crippen molar-refractivity contribution in [1.29, 1.82) is 0 Å². The molecule has 0 amide bonds. The second-order valence-corrected chi connectivity index (χ2v) is 5.02. The van der Waals surface area contributed by atoms with E-state index in [2.05, 4.69) is 18.4 Å². The topological polar surface area (TPSA) is 17.1 Å². The summed E-state index contributed by atoms with van der Waals surface area (Å²) in [5.41, 5.74) is 3.20. The van der Waals surface area contributed by atoms with E-state index in [4.69, 9.17) is 0 Å². The average Bonchev–Trinajstić information content (AvgIpc) is 2.29. The molecule has 0 saturated carbocycles. The maximum atomic E-state index is 10.7. The number of benzene rings is 1. The predicted molar refractivity (Wildman–Crippen MR) is 75.8 cm³/mol. The summed E-state index contributed by atoms with van der Waals surface area (Å²) in [5, 5.41) is 0.151. The van der Waals surface area contributed by atoms with E-state index in [1.54, 1.807) is 6.92 Å². The van der Waals surface area contributed by atoms with Gasteiger partial charge in [0.1, 0.15) is 0 Å². The lowest BCUT2D eigenvalue weighted by Gasteiger charge is -1.98. The largest absolute Gasteiger partial charge is 0.288 e. The third-order valence-corrected chi connectivity index (χ3v) is 2.96. The zero-order valence-electron chi connectivity index (χ0n) is 10.2. The van der Waals surface area contributed by atoms with Crippen LogP contribution in [-0.2, 0) is 4.79 Å². The van der Waals surface area contributed by atoms with Gasteiger partial charge in [0.25, 0.3) is 0 Å². The van der Waals surface area contributed by atoms with Crippen molar-refractivity contribution in [2.24, 2.45) is 0 Å². The quantitative estimate of drug-likeness (QED) is 0.595. The number of thioether (sulfide) groups is 1. The van der Waals surface area contributed by atoms with Crippen LogP contribution >= 0.6 is 11.8 Å². The predicted octanol–water partition coefficient (Wildman–Crippen LogP) is 3.74. The van der Waals surface area contributed by atoms with Gasteiger partial charge in [-0.3, -0.25) is 4.79 Å². The van der Waals surface area contributed by atoms with Crippen LogP contribution in [0.3, 0.4) is 0 Å². The van der Waals surface area contributed by atoms with Crippen molar-refractivity contribution >= 4 is 22.5 Å². The molecular formula is C15H16OS. The Bertz CT molecular complexity index is 460. The molecule has 1 rings (SSSR count). The van der Waals surface area contributed by atoms with Gasteiger partial charge in [0.2, 0.25) is 0 Å². The van der Waals surface area contributed by atoms with Crippen LogP contribution in [-0.4, -0.2) is 10.9 Å². The van der Waals surface area contributed by atoms with Crippen LogP contribution in [0.25, 0.3) is 5.57 Å². The van der Waals surface area contributed by atoms with Crippen LogP contribution in [0.15, 0.2) is 30.8 Å². The zero-order valence-corrected chi connectivity index (χ0v) is 11.1. The molecular weight excluding hydrogens is 228 g/mol. The Hall–Kier alpha value is -1.46. The lowest BCUT2D eigenvalue weighted by Crippen LogP contribution is -1.84. The number of carbonyl (C=O) groups excluding carboxylic acids is 1. The van der Waals surface area contributed by atoms with E-state index < -0.39 is 0 Å². The van der Waals surface area contributed by atoms with Crippen molar-refractivity contribution in [2.45, 2.75) is 20.3 Å². The number of allylic oxidation sites excluding steroid dienone is 1. The maximum absolute atomic E-state index is 10.7. The summed E-state index contributed by atoms with van der Waals surface area (Å²) in [6, 6.07) is 8.04. The first-order valence-corrected chi connectivity index (χ1v) is 6.46. The van der Waals surface area contributed by atoms with E-state index in [9.17, 15) is 4.79 Å². The Morgan fingerprint density at radius 2 is 1.94 bits per heavy atom. The molecule has 1 nitrogen and oxygen atoms in total. The second-order valence-electron chi connectivity index (χ2n) is 3.75. The first kappa shape index (κ1) is 13.6. The fourth-order valence-corrected chi connectivity index (χ4v) is 1.74. The number of carbonyl (C=O) groups is 1. The highest BCUT2D eigenvalue weighted by molar-refractivity contribution is 8.13. The summed E-state index contributed by atoms with van der Waals surface area (Å²) < 4.78 is 0. The van der Waals surface area contributed by atoms with Gasteiger partial charge in [-0.1, -0.05) is 47.9 Å². The molecule has 0 radical (unpaired) electrons. The number of rotatable bonds is 3. The minimum atomic E-state index is 0.151. The molecule has 0 saturated heterocycles. The second kappa shape index (κ2) is 6.98. The molecule has 1 aromatic carbocycles.